The van der Waals surface area contributed by atoms with Crippen molar-refractivity contribution in [1.82, 2.24) is 14.8 Å². The summed E-state index contributed by atoms with van der Waals surface area (Å²) in [5.74, 6) is 1.37. The van der Waals surface area contributed by atoms with E-state index in [1.165, 1.54) is 11.8 Å². The first kappa shape index (κ1) is 20.3. The van der Waals surface area contributed by atoms with E-state index in [0.29, 0.717) is 23.1 Å². The van der Waals surface area contributed by atoms with Crippen molar-refractivity contribution in [2.75, 3.05) is 11.1 Å². The van der Waals surface area contributed by atoms with Gasteiger partial charge in [0.2, 0.25) is 5.91 Å². The van der Waals surface area contributed by atoms with Crippen molar-refractivity contribution in [3.63, 3.8) is 0 Å². The highest BCUT2D eigenvalue weighted by molar-refractivity contribution is 7.99. The molecular weight excluding hydrogens is 424 g/mol. The van der Waals surface area contributed by atoms with Gasteiger partial charge in [-0.25, -0.2) is 0 Å². The molecule has 5 rings (SSSR count). The maximum Gasteiger partial charge on any atom is 0.231 e. The van der Waals surface area contributed by atoms with Crippen LogP contribution in [0.5, 0.6) is 0 Å². The summed E-state index contributed by atoms with van der Waals surface area (Å²) in [6.07, 6.45) is 1.63. The van der Waals surface area contributed by atoms with E-state index in [9.17, 15) is 9.59 Å². The number of rotatable bonds is 7. The maximum atomic E-state index is 12.9. The lowest BCUT2D eigenvalue weighted by Gasteiger charge is -2.09. The standard InChI is InChI=1S/C24H20N4O3S/c1-15-19-12-17(9-10-20(19)25-23(15)30)21(29)14-32-24-27-26-22(16-6-3-2-4-7-16)28(24)13-18-8-5-11-31-18/h2-12,15H,13-14H2,1H3,(H,25,30)/t15-/m1/s1. The number of benzene rings is 2. The average molecular weight is 445 g/mol. The third kappa shape index (κ3) is 3.85. The lowest BCUT2D eigenvalue weighted by molar-refractivity contribution is -0.116. The van der Waals surface area contributed by atoms with E-state index in [4.69, 9.17) is 4.42 Å². The zero-order valence-corrected chi connectivity index (χ0v) is 18.1. The number of carbonyl (C=O) groups is 2. The van der Waals surface area contributed by atoms with Crippen LogP contribution in [-0.4, -0.2) is 32.2 Å². The van der Waals surface area contributed by atoms with Crippen molar-refractivity contribution < 1.29 is 14.0 Å². The molecule has 8 heteroatoms. The molecule has 0 fully saturated rings. The molecule has 1 N–H and O–H groups in total. The monoisotopic (exact) mass is 444 g/mol. The molecule has 160 valence electrons. The lowest BCUT2D eigenvalue weighted by Crippen LogP contribution is -2.08. The average Bonchev–Trinajstić information content (AvgIpc) is 3.54. The third-order valence-corrected chi connectivity index (χ3v) is 6.43. The molecule has 0 unspecified atom stereocenters. The SMILES string of the molecule is C[C@H]1C(=O)Nc2ccc(C(=O)CSc3nnc(-c4ccccc4)n3Cc3ccco3)cc21. The first-order valence-corrected chi connectivity index (χ1v) is 11.2. The Bertz CT molecular complexity index is 1280. The summed E-state index contributed by atoms with van der Waals surface area (Å²) in [6, 6.07) is 18.9. The molecule has 1 aliphatic heterocycles. The Morgan fingerprint density at radius 2 is 1.97 bits per heavy atom. The molecule has 0 bridgehead atoms. The largest absolute Gasteiger partial charge is 0.467 e. The van der Waals surface area contributed by atoms with E-state index >= 15 is 0 Å². The highest BCUT2D eigenvalue weighted by Crippen LogP contribution is 2.33. The zero-order chi connectivity index (χ0) is 22.1. The highest BCUT2D eigenvalue weighted by Gasteiger charge is 2.27. The second kappa shape index (κ2) is 8.47. The van der Waals surface area contributed by atoms with Crippen LogP contribution >= 0.6 is 11.8 Å². The van der Waals surface area contributed by atoms with Gasteiger partial charge in [-0.05, 0) is 42.8 Å². The molecule has 0 saturated heterocycles. The number of Topliss-reactive ketones (excluding diaryl/α,β-unsaturated/α-hetero) is 1. The van der Waals surface area contributed by atoms with Gasteiger partial charge in [-0.15, -0.1) is 10.2 Å². The highest BCUT2D eigenvalue weighted by atomic mass is 32.2. The Balaban J connectivity index is 1.38. The number of furan rings is 1. The number of hydrogen-bond acceptors (Lipinski definition) is 6. The van der Waals surface area contributed by atoms with Gasteiger partial charge in [-0.1, -0.05) is 42.1 Å². The molecule has 1 atom stereocenters. The smallest absolute Gasteiger partial charge is 0.231 e. The number of amides is 1. The predicted molar refractivity (Wildman–Crippen MR) is 122 cm³/mol. The van der Waals surface area contributed by atoms with Crippen LogP contribution in [-0.2, 0) is 11.3 Å². The van der Waals surface area contributed by atoms with Gasteiger partial charge >= 0.3 is 0 Å². The normalized spacial score (nSPS) is 14.9. The molecule has 0 spiro atoms. The van der Waals surface area contributed by atoms with E-state index < -0.39 is 0 Å². The Labute approximate surface area is 188 Å². The number of hydrogen-bond donors (Lipinski definition) is 1. The number of nitrogens with one attached hydrogen (secondary N) is 1. The van der Waals surface area contributed by atoms with Crippen molar-refractivity contribution in [2.24, 2.45) is 0 Å². The summed E-state index contributed by atoms with van der Waals surface area (Å²) in [5.41, 5.74) is 3.16. The minimum atomic E-state index is -0.254. The molecule has 3 heterocycles. The number of ketones is 1. The maximum absolute atomic E-state index is 12.9. The number of carbonyl (C=O) groups excluding carboxylic acids is 2. The van der Waals surface area contributed by atoms with Gasteiger partial charge in [0.15, 0.2) is 16.8 Å². The van der Waals surface area contributed by atoms with Crippen molar-refractivity contribution in [2.45, 2.75) is 24.5 Å². The number of fused-ring (bicyclic) bond motifs is 1. The summed E-state index contributed by atoms with van der Waals surface area (Å²) in [5, 5.41) is 12.2. The van der Waals surface area contributed by atoms with Crippen molar-refractivity contribution in [3.8, 4) is 11.4 Å². The number of anilines is 1. The van der Waals surface area contributed by atoms with Crippen LogP contribution in [0.25, 0.3) is 11.4 Å². The predicted octanol–water partition coefficient (Wildman–Crippen LogP) is 4.62. The van der Waals surface area contributed by atoms with Gasteiger partial charge in [-0.2, -0.15) is 0 Å². The van der Waals surface area contributed by atoms with Gasteiger partial charge in [0, 0.05) is 16.8 Å². The minimum Gasteiger partial charge on any atom is -0.467 e. The van der Waals surface area contributed by atoms with Crippen molar-refractivity contribution >= 4 is 29.1 Å². The van der Waals surface area contributed by atoms with Crippen LogP contribution in [0.1, 0.15) is 34.5 Å². The second-order valence-electron chi connectivity index (χ2n) is 7.56. The fourth-order valence-electron chi connectivity index (χ4n) is 3.70. The zero-order valence-electron chi connectivity index (χ0n) is 17.3. The fourth-order valence-corrected chi connectivity index (χ4v) is 4.53. The van der Waals surface area contributed by atoms with Crippen molar-refractivity contribution in [3.05, 3.63) is 83.8 Å². The Morgan fingerprint density at radius 3 is 2.75 bits per heavy atom. The van der Waals surface area contributed by atoms with Gasteiger partial charge in [0.1, 0.15) is 5.76 Å². The van der Waals surface area contributed by atoms with Gasteiger partial charge in [0.05, 0.1) is 24.5 Å². The summed E-state index contributed by atoms with van der Waals surface area (Å²) >= 11 is 1.34. The molecule has 7 nitrogen and oxygen atoms in total. The van der Waals surface area contributed by atoms with Crippen LogP contribution < -0.4 is 5.32 Å². The minimum absolute atomic E-state index is 0.0295. The first-order valence-electron chi connectivity index (χ1n) is 10.2. The van der Waals surface area contributed by atoms with Gasteiger partial charge in [0.25, 0.3) is 0 Å². The summed E-state index contributed by atoms with van der Waals surface area (Å²) in [4.78, 5) is 24.8. The van der Waals surface area contributed by atoms with E-state index in [1.807, 2.05) is 60.0 Å². The molecule has 0 radical (unpaired) electrons. The summed E-state index contributed by atoms with van der Waals surface area (Å²) in [7, 11) is 0. The third-order valence-electron chi connectivity index (χ3n) is 5.47. The van der Waals surface area contributed by atoms with Crippen LogP contribution in [0, 0.1) is 0 Å². The van der Waals surface area contributed by atoms with E-state index in [0.717, 1.165) is 22.6 Å². The summed E-state index contributed by atoms with van der Waals surface area (Å²) < 4.78 is 7.48. The topological polar surface area (TPSA) is 90.0 Å². The molecule has 0 aliphatic carbocycles. The van der Waals surface area contributed by atoms with Crippen LogP contribution in [0.3, 0.4) is 0 Å². The summed E-state index contributed by atoms with van der Waals surface area (Å²) in [6.45, 7) is 2.30. The molecule has 2 aromatic carbocycles. The molecule has 32 heavy (non-hydrogen) atoms. The fraction of sp³-hybridized carbons (Fsp3) is 0.167. The van der Waals surface area contributed by atoms with Gasteiger partial charge < -0.3 is 9.73 Å². The van der Waals surface area contributed by atoms with Crippen LogP contribution in [0.15, 0.2) is 76.5 Å². The number of thioether (sulfide) groups is 1. The van der Waals surface area contributed by atoms with E-state index in [2.05, 4.69) is 15.5 Å². The van der Waals surface area contributed by atoms with Crippen molar-refractivity contribution in [1.29, 1.82) is 0 Å². The Hall–Kier alpha value is -3.65. The van der Waals surface area contributed by atoms with E-state index in [1.54, 1.807) is 18.4 Å². The van der Waals surface area contributed by atoms with Crippen LogP contribution in [0.2, 0.25) is 0 Å². The molecule has 1 amide bonds. The quantitative estimate of drug-likeness (QED) is 0.331. The molecular formula is C24H20N4O3S. The molecule has 2 aromatic heterocycles. The van der Waals surface area contributed by atoms with Gasteiger partial charge in [-0.3, -0.25) is 14.2 Å². The molecule has 4 aromatic rings. The molecule has 1 aliphatic rings. The van der Waals surface area contributed by atoms with E-state index in [-0.39, 0.29) is 23.4 Å². The lowest BCUT2D eigenvalue weighted by atomic mass is 9.99. The Kier molecular flexibility index (Phi) is 5.36. The number of aromatic nitrogens is 3. The molecule has 0 saturated carbocycles. The Morgan fingerprint density at radius 1 is 1.12 bits per heavy atom. The second-order valence-corrected chi connectivity index (χ2v) is 8.51. The van der Waals surface area contributed by atoms with Crippen LogP contribution in [0.4, 0.5) is 5.69 Å². The first-order chi connectivity index (χ1) is 15.6. The number of nitrogens with zero attached hydrogens (tertiary/aromatic N) is 3.